The summed E-state index contributed by atoms with van der Waals surface area (Å²) in [5.41, 5.74) is 0.313. The van der Waals surface area contributed by atoms with E-state index in [2.05, 4.69) is 9.47 Å². The molecule has 0 aromatic heterocycles. The third kappa shape index (κ3) is 7.24. The first kappa shape index (κ1) is 30.5. The highest BCUT2D eigenvalue weighted by Crippen LogP contribution is 2.34. The normalized spacial score (nSPS) is 12.2. The van der Waals surface area contributed by atoms with Gasteiger partial charge in [-0.15, -0.1) is 13.2 Å². The van der Waals surface area contributed by atoms with Crippen LogP contribution in [0.4, 0.5) is 39.5 Å². The van der Waals surface area contributed by atoms with Crippen LogP contribution in [0.5, 0.6) is 11.5 Å². The Bertz CT molecular complexity index is 1590. The Balaban J connectivity index is 1.45. The molecule has 4 rings (SSSR count). The second-order valence-electron chi connectivity index (χ2n) is 8.78. The number of alkyl halides is 3. The van der Waals surface area contributed by atoms with E-state index in [4.69, 9.17) is 4.74 Å². The van der Waals surface area contributed by atoms with E-state index in [0.717, 1.165) is 12.1 Å². The third-order valence-corrected chi connectivity index (χ3v) is 5.90. The maximum atomic E-state index is 14.8. The lowest BCUT2D eigenvalue weighted by molar-refractivity contribution is -0.276. The fourth-order valence-electron chi connectivity index (χ4n) is 3.91. The molecule has 0 bridgehead atoms. The van der Waals surface area contributed by atoms with Crippen molar-refractivity contribution in [3.05, 3.63) is 113 Å². The maximum Gasteiger partial charge on any atom is 0.573 e. The molecule has 0 atom stereocenters. The van der Waals surface area contributed by atoms with E-state index in [1.807, 2.05) is 0 Å². The van der Waals surface area contributed by atoms with Crippen LogP contribution in [0.1, 0.15) is 11.1 Å². The minimum atomic E-state index is -5.33. The Morgan fingerprint density at radius 3 is 1.88 bits per heavy atom. The van der Waals surface area contributed by atoms with Crippen LogP contribution in [0.25, 0.3) is 28.1 Å². The summed E-state index contributed by atoms with van der Waals surface area (Å²) < 4.78 is 136. The predicted octanol–water partition coefficient (Wildman–Crippen LogP) is 9.31. The molecule has 0 aliphatic carbocycles. The molecule has 4 aromatic rings. The molecule has 0 aliphatic rings. The smallest absolute Gasteiger partial charge is 0.489 e. The van der Waals surface area contributed by atoms with Gasteiger partial charge in [-0.2, -0.15) is 0 Å². The van der Waals surface area contributed by atoms with Crippen molar-refractivity contribution >= 4 is 5.83 Å². The van der Waals surface area contributed by atoms with Gasteiger partial charge in [-0.1, -0.05) is 36.4 Å². The van der Waals surface area contributed by atoms with Crippen molar-refractivity contribution in [2.24, 2.45) is 0 Å². The molecule has 0 spiro atoms. The molecule has 0 saturated heterocycles. The Labute approximate surface area is 233 Å². The number of hydrogen-bond donors (Lipinski definition) is 0. The first-order valence-corrected chi connectivity index (χ1v) is 12.0. The number of halogens is 9. The van der Waals surface area contributed by atoms with Crippen LogP contribution < -0.4 is 9.47 Å². The highest BCUT2D eigenvalue weighted by molar-refractivity contribution is 5.69. The van der Waals surface area contributed by atoms with Gasteiger partial charge >= 0.3 is 6.36 Å². The van der Waals surface area contributed by atoms with Crippen LogP contribution in [0.3, 0.4) is 0 Å². The number of hydrogen-bond acceptors (Lipinski definition) is 3. The van der Waals surface area contributed by atoms with Crippen LogP contribution in [-0.4, -0.2) is 20.1 Å². The molecule has 3 nitrogen and oxygen atoms in total. The van der Waals surface area contributed by atoms with Crippen molar-refractivity contribution in [3.63, 3.8) is 0 Å². The fraction of sp³-hybridized carbons (Fsp3) is 0.133. The summed E-state index contributed by atoms with van der Waals surface area (Å²) in [6.45, 7) is -0.845. The SMILES string of the molecule is COC/C(F)=C(\F)c1ccc(-c2ccc(COc3ccc(-c4cc(F)c(OC(F)(F)F)c(F)c4)c(F)c3)c(F)c2)cc1. The monoisotopic (exact) mass is 598 g/mol. The molecule has 0 heterocycles. The zero-order valence-electron chi connectivity index (χ0n) is 21.5. The highest BCUT2D eigenvalue weighted by atomic mass is 19.4. The number of methoxy groups -OCH3 is 1. The van der Waals surface area contributed by atoms with E-state index in [9.17, 15) is 39.5 Å². The van der Waals surface area contributed by atoms with Crippen LogP contribution in [0.2, 0.25) is 0 Å². The molecule has 42 heavy (non-hydrogen) atoms. The molecule has 0 saturated carbocycles. The minimum Gasteiger partial charge on any atom is -0.489 e. The summed E-state index contributed by atoms with van der Waals surface area (Å²) in [6, 6.07) is 14.0. The van der Waals surface area contributed by atoms with E-state index >= 15 is 0 Å². The third-order valence-electron chi connectivity index (χ3n) is 5.90. The second-order valence-corrected chi connectivity index (χ2v) is 8.78. The lowest BCUT2D eigenvalue weighted by atomic mass is 10.0. The van der Waals surface area contributed by atoms with Crippen LogP contribution in [0, 0.1) is 23.3 Å². The van der Waals surface area contributed by atoms with Crippen molar-refractivity contribution in [2.45, 2.75) is 13.0 Å². The number of ether oxygens (including phenoxy) is 3. The van der Waals surface area contributed by atoms with Crippen molar-refractivity contribution in [2.75, 3.05) is 13.7 Å². The Hall–Kier alpha value is -4.45. The molecule has 0 fully saturated rings. The van der Waals surface area contributed by atoms with E-state index in [0.29, 0.717) is 23.3 Å². The molecule has 0 unspecified atom stereocenters. The van der Waals surface area contributed by atoms with Gasteiger partial charge in [0.2, 0.25) is 5.75 Å². The van der Waals surface area contributed by atoms with Crippen LogP contribution in [-0.2, 0) is 11.3 Å². The first-order valence-electron chi connectivity index (χ1n) is 12.0. The average molecular weight is 598 g/mol. The molecule has 0 N–H and O–H groups in total. The van der Waals surface area contributed by atoms with Gasteiger partial charge < -0.3 is 14.2 Å². The lowest BCUT2D eigenvalue weighted by Crippen LogP contribution is -2.19. The zero-order chi connectivity index (χ0) is 30.6. The Morgan fingerprint density at radius 1 is 0.690 bits per heavy atom. The van der Waals surface area contributed by atoms with Gasteiger partial charge in [-0.3, -0.25) is 0 Å². The summed E-state index contributed by atoms with van der Waals surface area (Å²) >= 11 is 0. The lowest BCUT2D eigenvalue weighted by Gasteiger charge is -2.13. The van der Waals surface area contributed by atoms with Gasteiger partial charge in [0.05, 0.1) is 0 Å². The van der Waals surface area contributed by atoms with E-state index in [1.165, 1.54) is 49.6 Å². The van der Waals surface area contributed by atoms with Gasteiger partial charge in [0.1, 0.15) is 30.6 Å². The molecular formula is C30H19F9O3. The summed E-state index contributed by atoms with van der Waals surface area (Å²) in [4.78, 5) is 0. The summed E-state index contributed by atoms with van der Waals surface area (Å²) in [5.74, 6) is -8.92. The van der Waals surface area contributed by atoms with Crippen LogP contribution in [0.15, 0.2) is 78.6 Å². The Morgan fingerprint density at radius 2 is 1.31 bits per heavy atom. The largest absolute Gasteiger partial charge is 0.573 e. The summed E-state index contributed by atoms with van der Waals surface area (Å²) in [6.07, 6.45) is -5.33. The quantitative estimate of drug-likeness (QED) is 0.180. The standard InChI is InChI=1S/C30H19F9O3/c1-40-15-27(35)28(36)17-4-2-16(3-5-17)18-6-7-19(23(31)10-18)14-41-21-8-9-22(24(32)13-21)20-11-25(33)29(26(34)12-20)42-30(37,38)39/h2-13H,14-15H2,1H3/b28-27+. The predicted molar refractivity (Wildman–Crippen MR) is 136 cm³/mol. The van der Waals surface area contributed by atoms with Gasteiger partial charge in [-0.05, 0) is 47.0 Å². The highest BCUT2D eigenvalue weighted by Gasteiger charge is 2.34. The maximum absolute atomic E-state index is 14.8. The zero-order valence-corrected chi connectivity index (χ0v) is 21.5. The fourth-order valence-corrected chi connectivity index (χ4v) is 3.91. The number of benzene rings is 4. The van der Waals surface area contributed by atoms with Crippen molar-refractivity contribution < 1.29 is 53.7 Å². The minimum absolute atomic E-state index is 0.0141. The summed E-state index contributed by atoms with van der Waals surface area (Å²) in [5, 5.41) is 0. The molecule has 0 amide bonds. The average Bonchev–Trinajstić information content (AvgIpc) is 2.93. The van der Waals surface area contributed by atoms with Gasteiger partial charge in [0.25, 0.3) is 0 Å². The van der Waals surface area contributed by atoms with Crippen molar-refractivity contribution in [1.82, 2.24) is 0 Å². The Kier molecular flexibility index (Phi) is 9.15. The molecular weight excluding hydrogens is 579 g/mol. The molecule has 4 aromatic carbocycles. The van der Waals surface area contributed by atoms with E-state index in [-0.39, 0.29) is 29.0 Å². The van der Waals surface area contributed by atoms with E-state index in [1.54, 1.807) is 6.07 Å². The summed E-state index contributed by atoms with van der Waals surface area (Å²) in [7, 11) is 1.23. The second kappa shape index (κ2) is 12.6. The van der Waals surface area contributed by atoms with Gasteiger partial charge in [-0.25, -0.2) is 26.3 Å². The van der Waals surface area contributed by atoms with Crippen molar-refractivity contribution in [3.8, 4) is 33.8 Å². The molecule has 0 radical (unpaired) electrons. The van der Waals surface area contributed by atoms with Crippen LogP contribution >= 0.6 is 0 Å². The van der Waals surface area contributed by atoms with E-state index < -0.39 is 59.2 Å². The first-order chi connectivity index (χ1) is 19.9. The molecule has 12 heteroatoms. The molecule has 0 aliphatic heterocycles. The van der Waals surface area contributed by atoms with Gasteiger partial charge in [0.15, 0.2) is 23.3 Å². The number of rotatable bonds is 9. The van der Waals surface area contributed by atoms with Crippen molar-refractivity contribution in [1.29, 1.82) is 0 Å². The molecule has 220 valence electrons. The topological polar surface area (TPSA) is 27.7 Å². The van der Waals surface area contributed by atoms with Gasteiger partial charge in [0, 0.05) is 29.9 Å².